The maximum atomic E-state index is 11.7. The number of hydrogen-bond donors (Lipinski definition) is 0. The third kappa shape index (κ3) is 3.73. The predicted octanol–water partition coefficient (Wildman–Crippen LogP) is 1.70. The van der Waals surface area contributed by atoms with Crippen molar-refractivity contribution in [2.24, 2.45) is 0 Å². The zero-order valence-corrected chi connectivity index (χ0v) is 11.4. The third-order valence-electron chi connectivity index (χ3n) is 2.32. The number of rotatable bonds is 7. The van der Waals surface area contributed by atoms with Crippen molar-refractivity contribution in [2.75, 3.05) is 27.8 Å². The lowest BCUT2D eigenvalue weighted by Crippen LogP contribution is -2.14. The molecular formula is C12H20N2O4. The Morgan fingerprint density at radius 1 is 1.44 bits per heavy atom. The number of ether oxygens (including phenoxy) is 2. The first-order valence-corrected chi connectivity index (χ1v) is 5.94. The molecule has 0 aliphatic carbocycles. The van der Waals surface area contributed by atoms with E-state index in [1.165, 1.54) is 7.11 Å². The summed E-state index contributed by atoms with van der Waals surface area (Å²) in [7, 11) is 5.08. The first kappa shape index (κ1) is 14.5. The van der Waals surface area contributed by atoms with Gasteiger partial charge in [0, 0.05) is 0 Å². The van der Waals surface area contributed by atoms with E-state index in [0.29, 0.717) is 18.9 Å². The van der Waals surface area contributed by atoms with Gasteiger partial charge in [0.2, 0.25) is 0 Å². The van der Waals surface area contributed by atoms with Gasteiger partial charge < -0.3 is 18.9 Å². The van der Waals surface area contributed by atoms with Gasteiger partial charge >= 0.3 is 5.97 Å². The summed E-state index contributed by atoms with van der Waals surface area (Å²) >= 11 is 0. The van der Waals surface area contributed by atoms with Crippen LogP contribution in [0.15, 0.2) is 4.52 Å². The second-order valence-corrected chi connectivity index (χ2v) is 4.22. The average Bonchev–Trinajstić information content (AvgIpc) is 2.71. The number of carbonyl (C=O) groups is 1. The molecule has 0 N–H and O–H groups in total. The fourth-order valence-corrected chi connectivity index (χ4v) is 1.42. The molecule has 0 atom stereocenters. The van der Waals surface area contributed by atoms with E-state index in [1.807, 2.05) is 19.0 Å². The Hall–Kier alpha value is -1.56. The molecular weight excluding hydrogens is 236 g/mol. The van der Waals surface area contributed by atoms with E-state index in [2.05, 4.69) is 12.1 Å². The molecule has 0 bridgehead atoms. The van der Waals surface area contributed by atoms with E-state index in [0.717, 1.165) is 12.8 Å². The van der Waals surface area contributed by atoms with Gasteiger partial charge in [-0.05, 0) is 25.7 Å². The Balaban J connectivity index is 2.88. The van der Waals surface area contributed by atoms with Gasteiger partial charge in [0.1, 0.15) is 0 Å². The predicted molar refractivity (Wildman–Crippen MR) is 65.6 cm³/mol. The second kappa shape index (κ2) is 7.00. The number of methoxy groups -OCH3 is 1. The summed E-state index contributed by atoms with van der Waals surface area (Å²) in [6.07, 6.45) is 1.91. The summed E-state index contributed by atoms with van der Waals surface area (Å²) in [6, 6.07) is 0. The summed E-state index contributed by atoms with van der Waals surface area (Å²) in [6.45, 7) is 3.04. The van der Waals surface area contributed by atoms with Crippen LogP contribution in [0.4, 0.5) is 0 Å². The van der Waals surface area contributed by atoms with E-state index in [4.69, 9.17) is 14.0 Å². The van der Waals surface area contributed by atoms with E-state index < -0.39 is 5.97 Å². The van der Waals surface area contributed by atoms with Crippen LogP contribution in [0.5, 0.6) is 5.88 Å². The maximum Gasteiger partial charge on any atom is 0.347 e. The van der Waals surface area contributed by atoms with Crippen molar-refractivity contribution in [1.29, 1.82) is 0 Å². The highest BCUT2D eigenvalue weighted by molar-refractivity contribution is 5.92. The average molecular weight is 256 g/mol. The summed E-state index contributed by atoms with van der Waals surface area (Å²) in [5, 5.41) is 3.79. The quantitative estimate of drug-likeness (QED) is 0.546. The van der Waals surface area contributed by atoms with Crippen molar-refractivity contribution in [2.45, 2.75) is 26.3 Å². The van der Waals surface area contributed by atoms with Gasteiger partial charge in [-0.1, -0.05) is 13.3 Å². The first-order valence-electron chi connectivity index (χ1n) is 5.94. The van der Waals surface area contributed by atoms with E-state index in [1.54, 1.807) is 0 Å². The van der Waals surface area contributed by atoms with Crippen LogP contribution in [0.3, 0.4) is 0 Å². The Morgan fingerprint density at radius 2 is 2.17 bits per heavy atom. The first-order chi connectivity index (χ1) is 8.60. The van der Waals surface area contributed by atoms with Gasteiger partial charge in [-0.15, -0.1) is 0 Å². The number of unbranched alkanes of at least 4 members (excludes halogenated alkanes) is 1. The van der Waals surface area contributed by atoms with Gasteiger partial charge in [-0.3, -0.25) is 0 Å². The number of aromatic nitrogens is 1. The Labute approximate surface area is 107 Å². The normalized spacial score (nSPS) is 10.7. The second-order valence-electron chi connectivity index (χ2n) is 4.22. The van der Waals surface area contributed by atoms with Crippen LogP contribution in [0.25, 0.3) is 0 Å². The fraction of sp³-hybridized carbons (Fsp3) is 0.667. The molecule has 6 nitrogen and oxygen atoms in total. The lowest BCUT2D eigenvalue weighted by Gasteiger charge is -2.07. The summed E-state index contributed by atoms with van der Waals surface area (Å²) in [5.74, 6) is 0.185. The maximum absolute atomic E-state index is 11.7. The van der Waals surface area contributed by atoms with Crippen molar-refractivity contribution in [3.63, 3.8) is 0 Å². The molecule has 0 spiro atoms. The molecule has 0 saturated heterocycles. The molecule has 1 aromatic rings. The van der Waals surface area contributed by atoms with Crippen LogP contribution in [-0.4, -0.2) is 43.8 Å². The lowest BCUT2D eigenvalue weighted by atomic mass is 10.2. The molecule has 0 unspecified atom stereocenters. The molecule has 0 aliphatic heterocycles. The number of hydrogen-bond acceptors (Lipinski definition) is 6. The van der Waals surface area contributed by atoms with Gasteiger partial charge in [0.25, 0.3) is 5.88 Å². The summed E-state index contributed by atoms with van der Waals surface area (Å²) < 4.78 is 15.3. The van der Waals surface area contributed by atoms with E-state index in [9.17, 15) is 4.79 Å². The van der Waals surface area contributed by atoms with E-state index in [-0.39, 0.29) is 11.4 Å². The fourth-order valence-electron chi connectivity index (χ4n) is 1.42. The van der Waals surface area contributed by atoms with Gasteiger partial charge in [0.15, 0.2) is 11.3 Å². The van der Waals surface area contributed by atoms with Gasteiger partial charge in [0.05, 0.1) is 20.3 Å². The highest BCUT2D eigenvalue weighted by Crippen LogP contribution is 2.23. The number of carbonyl (C=O) groups excluding carboxylic acids is 1. The molecule has 0 aromatic carbocycles. The lowest BCUT2D eigenvalue weighted by molar-refractivity contribution is 0.0593. The molecule has 0 radical (unpaired) electrons. The zero-order chi connectivity index (χ0) is 13.5. The van der Waals surface area contributed by atoms with Crippen LogP contribution in [0.1, 0.15) is 35.9 Å². The highest BCUT2D eigenvalue weighted by Gasteiger charge is 2.25. The van der Waals surface area contributed by atoms with Crippen molar-refractivity contribution < 1.29 is 18.8 Å². The van der Waals surface area contributed by atoms with Crippen LogP contribution in [0, 0.1) is 0 Å². The molecule has 1 heterocycles. The minimum atomic E-state index is -0.486. The smallest absolute Gasteiger partial charge is 0.347 e. The standard InChI is InChI=1S/C12H20N2O4/c1-5-6-7-17-11-10(12(15)16-4)9(18-13-11)8-14(2)3/h5-8H2,1-4H3. The summed E-state index contributed by atoms with van der Waals surface area (Å²) in [4.78, 5) is 13.6. The topological polar surface area (TPSA) is 64.8 Å². The van der Waals surface area contributed by atoms with Crippen LogP contribution < -0.4 is 4.74 Å². The molecule has 0 fully saturated rings. The van der Waals surface area contributed by atoms with Crippen molar-refractivity contribution in [3.8, 4) is 5.88 Å². The third-order valence-corrected chi connectivity index (χ3v) is 2.32. The minimum Gasteiger partial charge on any atom is -0.475 e. The minimum absolute atomic E-state index is 0.215. The van der Waals surface area contributed by atoms with Crippen LogP contribution in [0.2, 0.25) is 0 Å². The SMILES string of the molecule is CCCCOc1noc(CN(C)C)c1C(=O)OC. The van der Waals surface area contributed by atoms with Gasteiger partial charge in [-0.2, -0.15) is 0 Å². The van der Waals surface area contributed by atoms with E-state index >= 15 is 0 Å². The monoisotopic (exact) mass is 256 g/mol. The number of esters is 1. The number of nitrogens with zero attached hydrogens (tertiary/aromatic N) is 2. The van der Waals surface area contributed by atoms with Crippen LogP contribution in [-0.2, 0) is 11.3 Å². The largest absolute Gasteiger partial charge is 0.475 e. The van der Waals surface area contributed by atoms with Crippen molar-refractivity contribution in [3.05, 3.63) is 11.3 Å². The Kier molecular flexibility index (Phi) is 5.64. The van der Waals surface area contributed by atoms with Crippen molar-refractivity contribution >= 4 is 5.97 Å². The molecule has 6 heteroatoms. The van der Waals surface area contributed by atoms with Crippen LogP contribution >= 0.6 is 0 Å². The van der Waals surface area contributed by atoms with Crippen molar-refractivity contribution in [1.82, 2.24) is 10.1 Å². The molecule has 1 aromatic heterocycles. The molecule has 1 rings (SSSR count). The molecule has 18 heavy (non-hydrogen) atoms. The Morgan fingerprint density at radius 3 is 2.72 bits per heavy atom. The highest BCUT2D eigenvalue weighted by atomic mass is 16.6. The zero-order valence-electron chi connectivity index (χ0n) is 11.4. The molecule has 0 aliphatic rings. The Bertz CT molecular complexity index is 387. The molecule has 102 valence electrons. The van der Waals surface area contributed by atoms with Gasteiger partial charge in [-0.25, -0.2) is 4.79 Å². The summed E-state index contributed by atoms with van der Waals surface area (Å²) in [5.41, 5.74) is 0.280. The molecule has 0 saturated carbocycles. The molecule has 0 amide bonds.